The van der Waals surface area contributed by atoms with Crippen molar-refractivity contribution in [2.24, 2.45) is 0 Å². The lowest BCUT2D eigenvalue weighted by Crippen LogP contribution is -2.28. The van der Waals surface area contributed by atoms with E-state index in [9.17, 15) is 4.79 Å². The van der Waals surface area contributed by atoms with Gasteiger partial charge in [-0.25, -0.2) is 0 Å². The maximum Gasteiger partial charge on any atom is 0.273 e. The van der Waals surface area contributed by atoms with Gasteiger partial charge in [0.2, 0.25) is 0 Å². The minimum Gasteiger partial charge on any atom is -0.489 e. The first-order valence-electron chi connectivity index (χ1n) is 11.6. The van der Waals surface area contributed by atoms with Gasteiger partial charge in [-0.1, -0.05) is 66.2 Å². The monoisotopic (exact) mass is 495 g/mol. The molecule has 0 fully saturated rings. The zero-order valence-electron chi connectivity index (χ0n) is 19.2. The van der Waals surface area contributed by atoms with Crippen molar-refractivity contribution < 1.29 is 13.9 Å². The molecule has 1 atom stereocenters. The molecule has 2 aromatic heterocycles. The predicted molar refractivity (Wildman–Crippen MR) is 137 cm³/mol. The number of nitrogens with one attached hydrogen (secondary N) is 1. The smallest absolute Gasteiger partial charge is 0.273 e. The zero-order valence-corrected chi connectivity index (χ0v) is 20.0. The maximum atomic E-state index is 13.5. The van der Waals surface area contributed by atoms with Crippen LogP contribution in [0.5, 0.6) is 5.75 Å². The SMILES string of the molecule is O=C1c2[nH]nc(-c3ccc(Cl)cc3)c2C(c2ccc(OCc3ccccc3)cc2)N1Cc1ccco1. The van der Waals surface area contributed by atoms with Gasteiger partial charge in [0.1, 0.15) is 23.8 Å². The van der Waals surface area contributed by atoms with Crippen molar-refractivity contribution in [2.45, 2.75) is 19.2 Å². The zero-order chi connectivity index (χ0) is 24.5. The molecule has 0 aliphatic carbocycles. The summed E-state index contributed by atoms with van der Waals surface area (Å²) in [6.45, 7) is 0.824. The molecular formula is C29H22ClN3O3. The average Bonchev–Trinajstić information content (AvgIpc) is 3.64. The number of furan rings is 1. The molecule has 1 aliphatic rings. The van der Waals surface area contributed by atoms with Crippen LogP contribution >= 0.6 is 11.6 Å². The summed E-state index contributed by atoms with van der Waals surface area (Å²) in [5, 5.41) is 8.13. The summed E-state index contributed by atoms with van der Waals surface area (Å²) in [4.78, 5) is 15.3. The van der Waals surface area contributed by atoms with Crippen molar-refractivity contribution in [3.05, 3.63) is 130 Å². The number of benzene rings is 3. The van der Waals surface area contributed by atoms with Crippen LogP contribution in [-0.4, -0.2) is 21.0 Å². The minimum atomic E-state index is -0.342. The van der Waals surface area contributed by atoms with E-state index in [0.717, 1.165) is 33.7 Å². The quantitative estimate of drug-likeness (QED) is 0.274. The van der Waals surface area contributed by atoms with Gasteiger partial charge in [0.05, 0.1) is 24.5 Å². The third-order valence-corrected chi connectivity index (χ3v) is 6.58. The van der Waals surface area contributed by atoms with E-state index in [2.05, 4.69) is 10.2 Å². The van der Waals surface area contributed by atoms with E-state index < -0.39 is 0 Å². The second-order valence-electron chi connectivity index (χ2n) is 8.63. The van der Waals surface area contributed by atoms with E-state index in [1.165, 1.54) is 0 Å². The number of hydrogen-bond donors (Lipinski definition) is 1. The molecule has 5 aromatic rings. The Kier molecular flexibility index (Phi) is 5.79. The molecule has 0 saturated carbocycles. The number of halogens is 1. The summed E-state index contributed by atoms with van der Waals surface area (Å²) in [6.07, 6.45) is 1.61. The van der Waals surface area contributed by atoms with E-state index in [4.69, 9.17) is 20.8 Å². The summed E-state index contributed by atoms with van der Waals surface area (Å²) < 4.78 is 11.5. The van der Waals surface area contributed by atoms with E-state index in [0.29, 0.717) is 29.6 Å². The normalized spacial score (nSPS) is 14.8. The lowest BCUT2D eigenvalue weighted by Gasteiger charge is -2.25. The molecule has 3 heterocycles. The van der Waals surface area contributed by atoms with Crippen LogP contribution in [0.15, 0.2) is 102 Å². The van der Waals surface area contributed by atoms with E-state index in [-0.39, 0.29) is 11.9 Å². The topological polar surface area (TPSA) is 71.4 Å². The molecule has 1 aliphatic heterocycles. The molecule has 178 valence electrons. The van der Waals surface area contributed by atoms with Gasteiger partial charge in [-0.2, -0.15) is 5.10 Å². The number of rotatable bonds is 7. The molecule has 0 saturated heterocycles. The van der Waals surface area contributed by atoms with Gasteiger partial charge < -0.3 is 14.1 Å². The Balaban J connectivity index is 1.35. The molecule has 7 heteroatoms. The molecule has 1 amide bonds. The number of fused-ring (bicyclic) bond motifs is 1. The predicted octanol–water partition coefficient (Wildman–Crippen LogP) is 6.65. The fraction of sp³-hybridized carbons (Fsp3) is 0.103. The van der Waals surface area contributed by atoms with Crippen LogP contribution in [0.4, 0.5) is 0 Å². The van der Waals surface area contributed by atoms with E-state index >= 15 is 0 Å². The van der Waals surface area contributed by atoms with Crippen LogP contribution in [0.1, 0.15) is 39.0 Å². The second kappa shape index (κ2) is 9.40. The van der Waals surface area contributed by atoms with Crippen LogP contribution in [0, 0.1) is 0 Å². The fourth-order valence-corrected chi connectivity index (χ4v) is 4.72. The van der Waals surface area contributed by atoms with Crippen molar-refractivity contribution in [1.29, 1.82) is 0 Å². The van der Waals surface area contributed by atoms with Gasteiger partial charge in [-0.15, -0.1) is 0 Å². The van der Waals surface area contributed by atoms with Gasteiger partial charge in [-0.05, 0) is 47.5 Å². The van der Waals surface area contributed by atoms with Crippen molar-refractivity contribution in [1.82, 2.24) is 15.1 Å². The molecule has 1 unspecified atom stereocenters. The lowest BCUT2D eigenvalue weighted by molar-refractivity contribution is 0.0717. The number of carbonyl (C=O) groups is 1. The third kappa shape index (κ3) is 4.16. The number of amides is 1. The number of H-pyrrole nitrogens is 1. The number of ether oxygens (including phenoxy) is 1. The van der Waals surface area contributed by atoms with Crippen molar-refractivity contribution in [3.8, 4) is 17.0 Å². The first-order chi connectivity index (χ1) is 17.7. The van der Waals surface area contributed by atoms with Crippen LogP contribution in [0.25, 0.3) is 11.3 Å². The van der Waals surface area contributed by atoms with E-state index in [1.807, 2.05) is 91.0 Å². The van der Waals surface area contributed by atoms with Crippen molar-refractivity contribution in [3.63, 3.8) is 0 Å². The number of aromatic nitrogens is 2. The van der Waals surface area contributed by atoms with Gasteiger partial charge in [-0.3, -0.25) is 9.89 Å². The van der Waals surface area contributed by atoms with Gasteiger partial charge in [0, 0.05) is 16.1 Å². The van der Waals surface area contributed by atoms with Crippen LogP contribution in [0.2, 0.25) is 5.02 Å². The summed E-state index contributed by atoms with van der Waals surface area (Å²) >= 11 is 6.11. The highest BCUT2D eigenvalue weighted by Gasteiger charge is 2.42. The standard InChI is InChI=1S/C29H22ClN3O3/c30-22-12-8-20(9-13-22)26-25-27(32-31-26)29(34)33(17-24-7-4-16-35-24)28(25)21-10-14-23(15-11-21)36-18-19-5-2-1-3-6-19/h1-16,28H,17-18H2,(H,31,32). The molecule has 6 rings (SSSR count). The van der Waals surface area contributed by atoms with Crippen molar-refractivity contribution >= 4 is 17.5 Å². The highest BCUT2D eigenvalue weighted by atomic mass is 35.5. The summed E-state index contributed by atoms with van der Waals surface area (Å²) in [5.41, 5.74) is 5.00. The fourth-order valence-electron chi connectivity index (χ4n) is 4.59. The molecule has 0 spiro atoms. The van der Waals surface area contributed by atoms with Crippen LogP contribution in [0.3, 0.4) is 0 Å². The van der Waals surface area contributed by atoms with Gasteiger partial charge in [0.15, 0.2) is 0 Å². The average molecular weight is 496 g/mol. The Labute approximate surface area is 213 Å². The second-order valence-corrected chi connectivity index (χ2v) is 9.06. The molecular weight excluding hydrogens is 474 g/mol. The summed E-state index contributed by atoms with van der Waals surface area (Å²) in [7, 11) is 0. The van der Waals surface area contributed by atoms with Crippen molar-refractivity contribution in [2.75, 3.05) is 0 Å². The Hall–Kier alpha value is -4.29. The first kappa shape index (κ1) is 22.2. The molecule has 3 aromatic carbocycles. The maximum absolute atomic E-state index is 13.5. The number of hydrogen-bond acceptors (Lipinski definition) is 4. The molecule has 0 radical (unpaired) electrons. The summed E-state index contributed by atoms with van der Waals surface area (Å²) in [6, 6.07) is 28.7. The lowest BCUT2D eigenvalue weighted by atomic mass is 9.96. The van der Waals surface area contributed by atoms with Crippen LogP contribution < -0.4 is 4.74 Å². The van der Waals surface area contributed by atoms with Crippen LogP contribution in [-0.2, 0) is 13.2 Å². The Morgan fingerprint density at radius 3 is 2.44 bits per heavy atom. The highest BCUT2D eigenvalue weighted by Crippen LogP contribution is 2.44. The Bertz CT molecular complexity index is 1480. The first-order valence-corrected chi connectivity index (χ1v) is 12.0. The van der Waals surface area contributed by atoms with Gasteiger partial charge in [0.25, 0.3) is 5.91 Å². The highest BCUT2D eigenvalue weighted by molar-refractivity contribution is 6.30. The van der Waals surface area contributed by atoms with Gasteiger partial charge >= 0.3 is 0 Å². The number of carbonyl (C=O) groups excluding carboxylic acids is 1. The molecule has 6 nitrogen and oxygen atoms in total. The Morgan fingerprint density at radius 1 is 0.944 bits per heavy atom. The molecule has 36 heavy (non-hydrogen) atoms. The Morgan fingerprint density at radius 2 is 1.72 bits per heavy atom. The third-order valence-electron chi connectivity index (χ3n) is 6.33. The minimum absolute atomic E-state index is 0.122. The number of nitrogens with zero attached hydrogens (tertiary/aromatic N) is 2. The largest absolute Gasteiger partial charge is 0.489 e. The van der Waals surface area contributed by atoms with E-state index in [1.54, 1.807) is 11.2 Å². The molecule has 0 bridgehead atoms. The summed E-state index contributed by atoms with van der Waals surface area (Å²) in [5.74, 6) is 1.35. The molecule has 1 N–H and O–H groups in total. The number of aromatic amines is 1.